The first kappa shape index (κ1) is 14.1. The summed E-state index contributed by atoms with van der Waals surface area (Å²) in [5.41, 5.74) is 0.894. The summed E-state index contributed by atoms with van der Waals surface area (Å²) in [6.45, 7) is 0.604. The van der Waals surface area contributed by atoms with Gasteiger partial charge in [-0.25, -0.2) is 0 Å². The lowest BCUT2D eigenvalue weighted by Gasteiger charge is -2.25. The second kappa shape index (κ2) is 5.60. The molecule has 1 aromatic carbocycles. The van der Waals surface area contributed by atoms with Gasteiger partial charge in [0.15, 0.2) is 0 Å². The zero-order valence-electron chi connectivity index (χ0n) is 9.26. The van der Waals surface area contributed by atoms with Gasteiger partial charge in [-0.05, 0) is 24.6 Å². The van der Waals surface area contributed by atoms with Gasteiger partial charge in [-0.2, -0.15) is 13.2 Å². The Bertz CT molecular complexity index is 381. The van der Waals surface area contributed by atoms with Crippen molar-refractivity contribution in [1.82, 2.24) is 0 Å². The molecule has 1 N–H and O–H groups in total. The van der Waals surface area contributed by atoms with E-state index in [2.05, 4.69) is 0 Å². The average Bonchev–Trinajstić information content (AvgIpc) is 2.24. The number of hydrogen-bond acceptors (Lipinski definition) is 2. The van der Waals surface area contributed by atoms with Crippen molar-refractivity contribution in [3.8, 4) is 0 Å². The third-order valence-electron chi connectivity index (χ3n) is 2.29. The number of hydrogen-bond donors (Lipinski definition) is 1. The highest BCUT2D eigenvalue weighted by molar-refractivity contribution is 6.33. The van der Waals surface area contributed by atoms with Crippen molar-refractivity contribution in [3.63, 3.8) is 0 Å². The molecule has 0 aliphatic carbocycles. The van der Waals surface area contributed by atoms with Crippen LogP contribution >= 0.6 is 11.6 Å². The second-order valence-electron chi connectivity index (χ2n) is 3.57. The molecule has 6 heteroatoms. The second-order valence-corrected chi connectivity index (χ2v) is 3.98. The molecule has 0 atom stereocenters. The van der Waals surface area contributed by atoms with Crippen LogP contribution in [-0.2, 0) is 6.61 Å². The maximum absolute atomic E-state index is 12.3. The lowest BCUT2D eigenvalue weighted by atomic mass is 10.2. The third-order valence-corrected chi connectivity index (χ3v) is 2.59. The minimum absolute atomic E-state index is 0.189. The number of anilines is 1. The fourth-order valence-corrected chi connectivity index (χ4v) is 1.81. The molecule has 0 aliphatic heterocycles. The molecular formula is C11H13ClF3NO. The first-order chi connectivity index (χ1) is 7.87. The number of rotatable bonds is 4. The van der Waals surface area contributed by atoms with Gasteiger partial charge in [0.1, 0.15) is 6.54 Å². The van der Waals surface area contributed by atoms with Crippen molar-refractivity contribution in [2.75, 3.05) is 18.0 Å². The fourth-order valence-electron chi connectivity index (χ4n) is 1.49. The number of nitrogens with zero attached hydrogens (tertiary/aromatic N) is 1. The summed E-state index contributed by atoms with van der Waals surface area (Å²) in [5.74, 6) is 0. The molecule has 96 valence electrons. The van der Waals surface area contributed by atoms with Crippen LogP contribution in [0.15, 0.2) is 18.2 Å². The molecule has 0 aromatic heterocycles. The quantitative estimate of drug-likeness (QED) is 0.905. The first-order valence-electron chi connectivity index (χ1n) is 5.08. The van der Waals surface area contributed by atoms with Gasteiger partial charge in [-0.15, -0.1) is 0 Å². The number of aliphatic hydroxyl groups excluding tert-OH is 1. The molecular weight excluding hydrogens is 255 g/mol. The molecule has 1 aromatic rings. The van der Waals surface area contributed by atoms with E-state index < -0.39 is 12.7 Å². The van der Waals surface area contributed by atoms with Gasteiger partial charge in [-0.1, -0.05) is 17.7 Å². The standard InChI is InChI=1S/C11H13ClF3NO/c1-2-16(7-11(13,14)15)10-4-3-8(6-17)5-9(10)12/h3-5,17H,2,6-7H2,1H3. The van der Waals surface area contributed by atoms with Crippen molar-refractivity contribution >= 4 is 17.3 Å². The molecule has 0 radical (unpaired) electrons. The molecule has 0 saturated carbocycles. The van der Waals surface area contributed by atoms with Crippen LogP contribution in [0, 0.1) is 0 Å². The van der Waals surface area contributed by atoms with Crippen LogP contribution in [-0.4, -0.2) is 24.4 Å². The van der Waals surface area contributed by atoms with E-state index in [1.807, 2.05) is 0 Å². The normalized spacial score (nSPS) is 11.6. The Kier molecular flexibility index (Phi) is 4.65. The molecule has 17 heavy (non-hydrogen) atoms. The molecule has 0 unspecified atom stereocenters. The van der Waals surface area contributed by atoms with Crippen LogP contribution in [0.1, 0.15) is 12.5 Å². The Labute approximate surface area is 103 Å². The van der Waals surface area contributed by atoms with E-state index in [-0.39, 0.29) is 18.2 Å². The topological polar surface area (TPSA) is 23.5 Å². The average molecular weight is 268 g/mol. The van der Waals surface area contributed by atoms with E-state index in [0.717, 1.165) is 4.90 Å². The summed E-state index contributed by atoms with van der Waals surface area (Å²) < 4.78 is 37.0. The van der Waals surface area contributed by atoms with Gasteiger partial charge < -0.3 is 10.0 Å². The maximum atomic E-state index is 12.3. The van der Waals surface area contributed by atoms with Crippen LogP contribution in [0.25, 0.3) is 0 Å². The van der Waals surface area contributed by atoms with Gasteiger partial charge in [0.25, 0.3) is 0 Å². The summed E-state index contributed by atoms with van der Waals surface area (Å²) in [7, 11) is 0. The lowest BCUT2D eigenvalue weighted by Crippen LogP contribution is -2.34. The molecule has 0 bridgehead atoms. The van der Waals surface area contributed by atoms with E-state index in [9.17, 15) is 13.2 Å². The Balaban J connectivity index is 2.96. The Morgan fingerprint density at radius 3 is 2.41 bits per heavy atom. The van der Waals surface area contributed by atoms with Crippen molar-refractivity contribution in [2.45, 2.75) is 19.7 Å². The van der Waals surface area contributed by atoms with Crippen LogP contribution in [0.4, 0.5) is 18.9 Å². The summed E-state index contributed by atoms with van der Waals surface area (Å²) in [5, 5.41) is 9.09. The molecule has 0 spiro atoms. The lowest BCUT2D eigenvalue weighted by molar-refractivity contribution is -0.119. The zero-order valence-corrected chi connectivity index (χ0v) is 10.0. The largest absolute Gasteiger partial charge is 0.405 e. The van der Waals surface area contributed by atoms with Gasteiger partial charge in [0, 0.05) is 6.54 Å². The molecule has 2 nitrogen and oxygen atoms in total. The minimum atomic E-state index is -4.27. The summed E-state index contributed by atoms with van der Waals surface area (Å²) in [6, 6.07) is 4.51. The van der Waals surface area contributed by atoms with Crippen LogP contribution in [0.5, 0.6) is 0 Å². The van der Waals surface area contributed by atoms with E-state index >= 15 is 0 Å². The number of alkyl halides is 3. The number of benzene rings is 1. The predicted molar refractivity (Wildman–Crippen MR) is 61.3 cm³/mol. The van der Waals surface area contributed by atoms with Gasteiger partial charge >= 0.3 is 6.18 Å². The van der Waals surface area contributed by atoms with Crippen LogP contribution in [0.3, 0.4) is 0 Å². The smallest absolute Gasteiger partial charge is 0.392 e. The van der Waals surface area contributed by atoms with Crippen molar-refractivity contribution in [3.05, 3.63) is 28.8 Å². The van der Waals surface area contributed by atoms with E-state index in [0.29, 0.717) is 11.3 Å². The summed E-state index contributed by atoms with van der Waals surface area (Å²) >= 11 is 5.89. The Hall–Kier alpha value is -0.940. The highest BCUT2D eigenvalue weighted by Crippen LogP contribution is 2.29. The third kappa shape index (κ3) is 4.09. The van der Waals surface area contributed by atoms with Crippen molar-refractivity contribution in [1.29, 1.82) is 0 Å². The predicted octanol–water partition coefficient (Wildman–Crippen LogP) is 3.22. The zero-order chi connectivity index (χ0) is 13.1. The number of halogens is 4. The highest BCUT2D eigenvalue weighted by atomic mass is 35.5. The fraction of sp³-hybridized carbons (Fsp3) is 0.455. The van der Waals surface area contributed by atoms with Crippen LogP contribution in [0.2, 0.25) is 5.02 Å². The summed E-state index contributed by atoms with van der Waals surface area (Å²) in [6.07, 6.45) is -4.27. The Morgan fingerprint density at radius 1 is 1.35 bits per heavy atom. The first-order valence-corrected chi connectivity index (χ1v) is 5.46. The maximum Gasteiger partial charge on any atom is 0.405 e. The molecule has 0 saturated heterocycles. The molecule has 0 fully saturated rings. The van der Waals surface area contributed by atoms with Crippen molar-refractivity contribution < 1.29 is 18.3 Å². The molecule has 0 amide bonds. The molecule has 1 rings (SSSR count). The monoisotopic (exact) mass is 267 g/mol. The molecule has 0 heterocycles. The highest BCUT2D eigenvalue weighted by Gasteiger charge is 2.30. The number of aliphatic hydroxyl groups is 1. The minimum Gasteiger partial charge on any atom is -0.392 e. The van der Waals surface area contributed by atoms with Crippen molar-refractivity contribution in [2.24, 2.45) is 0 Å². The van der Waals surface area contributed by atoms with E-state index in [1.165, 1.54) is 12.1 Å². The van der Waals surface area contributed by atoms with E-state index in [4.69, 9.17) is 16.7 Å². The van der Waals surface area contributed by atoms with Gasteiger partial charge in [-0.3, -0.25) is 0 Å². The Morgan fingerprint density at radius 2 is 2.00 bits per heavy atom. The summed E-state index contributed by atoms with van der Waals surface area (Å²) in [4.78, 5) is 1.14. The molecule has 0 aliphatic rings. The van der Waals surface area contributed by atoms with Crippen LogP contribution < -0.4 is 4.90 Å². The van der Waals surface area contributed by atoms with E-state index in [1.54, 1.807) is 13.0 Å². The van der Waals surface area contributed by atoms with Gasteiger partial charge in [0.05, 0.1) is 17.3 Å². The van der Waals surface area contributed by atoms with Gasteiger partial charge in [0.2, 0.25) is 0 Å². The SMILES string of the molecule is CCN(CC(F)(F)F)c1ccc(CO)cc1Cl.